The van der Waals surface area contributed by atoms with Gasteiger partial charge in [0.15, 0.2) is 23.1 Å². The number of para-hydroxylation sites is 6. The third-order valence-corrected chi connectivity index (χ3v) is 14.1. The van der Waals surface area contributed by atoms with Crippen molar-refractivity contribution >= 4 is 87.4 Å². The molecule has 5 aromatic heterocycles. The second-order valence-corrected chi connectivity index (χ2v) is 17.9. The molecule has 7 heteroatoms. The smallest absolute Gasteiger partial charge is 0.164 e. The summed E-state index contributed by atoms with van der Waals surface area (Å²) in [7, 11) is 0. The summed E-state index contributed by atoms with van der Waals surface area (Å²) in [5.41, 5.74) is 14.0. The maximum atomic E-state index is 7.19. The Kier molecular flexibility index (Phi) is 8.23. The van der Waals surface area contributed by atoms with Crippen molar-refractivity contribution in [1.29, 1.82) is 0 Å². The van der Waals surface area contributed by atoms with Gasteiger partial charge >= 0.3 is 0 Å². The van der Waals surface area contributed by atoms with Crippen molar-refractivity contribution in [2.45, 2.75) is 0 Å². The van der Waals surface area contributed by atoms with Gasteiger partial charge in [-0.3, -0.25) is 0 Å². The van der Waals surface area contributed by atoms with Gasteiger partial charge in [-0.1, -0.05) is 170 Å². The Balaban J connectivity index is 1.12. The standard InChI is InChI=1S/C63H38N6O/c1-4-20-39(21-5-1)61-64-62(40-22-6-2-7-23-40)66-63(65-61)47-36-37-53(60-56(47)46-30-14-19-35-55(46)70-60)69-52-34-18-13-29-45(52)57-58-48(44-28-12-15-31-49(44)67(58)41-24-8-3-9-25-41)38-54(59(57)69)68-50-32-16-10-26-42(50)43-27-11-17-33-51(43)68/h1-38H. The van der Waals surface area contributed by atoms with Gasteiger partial charge in [0, 0.05) is 65.5 Å². The molecule has 0 fully saturated rings. The summed E-state index contributed by atoms with van der Waals surface area (Å²) in [6, 6.07) is 81.4. The van der Waals surface area contributed by atoms with E-state index in [9.17, 15) is 0 Å². The molecule has 0 N–H and O–H groups in total. The van der Waals surface area contributed by atoms with E-state index in [2.05, 4.69) is 177 Å². The van der Waals surface area contributed by atoms with Crippen LogP contribution in [0, 0.1) is 0 Å². The van der Waals surface area contributed by atoms with Crippen molar-refractivity contribution in [3.63, 3.8) is 0 Å². The first kappa shape index (κ1) is 38.5. The molecule has 0 unspecified atom stereocenters. The minimum atomic E-state index is 0.568. The van der Waals surface area contributed by atoms with Crippen molar-refractivity contribution in [3.05, 3.63) is 231 Å². The Labute approximate surface area is 400 Å². The summed E-state index contributed by atoms with van der Waals surface area (Å²) >= 11 is 0. The van der Waals surface area contributed by atoms with Crippen LogP contribution in [0.4, 0.5) is 0 Å². The van der Waals surface area contributed by atoms with Gasteiger partial charge in [-0.15, -0.1) is 0 Å². The SMILES string of the molecule is c1ccc(-c2nc(-c3ccccc3)nc(-c3ccc(-n4c5ccccc5c5c4c(-n4c6ccccc6c6ccccc64)cc4c6ccccc6n(-c6ccccc6)c45)c4oc5ccccc5c34)n2)cc1. The van der Waals surface area contributed by atoms with Crippen molar-refractivity contribution in [1.82, 2.24) is 28.7 Å². The molecule has 7 nitrogen and oxygen atoms in total. The molecule has 0 radical (unpaired) electrons. The van der Waals surface area contributed by atoms with Crippen LogP contribution in [-0.4, -0.2) is 28.7 Å². The van der Waals surface area contributed by atoms with Crippen molar-refractivity contribution in [2.75, 3.05) is 0 Å². The van der Waals surface area contributed by atoms with E-state index in [0.29, 0.717) is 17.5 Å². The lowest BCUT2D eigenvalue weighted by molar-refractivity contribution is 0.666. The summed E-state index contributed by atoms with van der Waals surface area (Å²) in [4.78, 5) is 15.5. The number of furan rings is 1. The van der Waals surface area contributed by atoms with Gasteiger partial charge < -0.3 is 18.1 Å². The van der Waals surface area contributed by atoms with Crippen LogP contribution in [-0.2, 0) is 0 Å². The van der Waals surface area contributed by atoms with E-state index in [0.717, 1.165) is 99.6 Å². The van der Waals surface area contributed by atoms with Crippen molar-refractivity contribution in [3.8, 4) is 51.2 Å². The fourth-order valence-electron chi connectivity index (χ4n) is 11.1. The molecule has 15 rings (SSSR count). The summed E-state index contributed by atoms with van der Waals surface area (Å²) < 4.78 is 14.6. The number of hydrogen-bond acceptors (Lipinski definition) is 4. The van der Waals surface area contributed by atoms with E-state index in [-0.39, 0.29) is 0 Å². The highest BCUT2D eigenvalue weighted by molar-refractivity contribution is 6.29. The predicted octanol–water partition coefficient (Wildman–Crippen LogP) is 16.1. The number of fused-ring (bicyclic) bond motifs is 13. The van der Waals surface area contributed by atoms with Crippen LogP contribution in [0.5, 0.6) is 0 Å². The molecular formula is C63H38N6O. The Bertz CT molecular complexity index is 4470. The molecule has 326 valence electrons. The third kappa shape index (κ3) is 5.54. The number of nitrogens with zero attached hydrogens (tertiary/aromatic N) is 6. The molecule has 0 amide bonds. The third-order valence-electron chi connectivity index (χ3n) is 14.1. The molecule has 0 spiro atoms. The van der Waals surface area contributed by atoms with Gasteiger partial charge in [-0.25, -0.2) is 15.0 Å². The molecule has 10 aromatic carbocycles. The Morgan fingerprint density at radius 3 is 1.40 bits per heavy atom. The van der Waals surface area contributed by atoms with Crippen LogP contribution in [0.25, 0.3) is 139 Å². The number of benzene rings is 10. The second kappa shape index (κ2) is 15.0. The van der Waals surface area contributed by atoms with E-state index >= 15 is 0 Å². The average Bonchev–Trinajstić information content (AvgIpc) is 4.18. The number of hydrogen-bond donors (Lipinski definition) is 0. The van der Waals surface area contributed by atoms with Gasteiger partial charge in [-0.05, 0) is 60.7 Å². The van der Waals surface area contributed by atoms with Crippen LogP contribution in [0.2, 0.25) is 0 Å². The van der Waals surface area contributed by atoms with E-state index < -0.39 is 0 Å². The monoisotopic (exact) mass is 894 g/mol. The first-order chi connectivity index (χ1) is 34.8. The molecule has 0 aliphatic rings. The quantitative estimate of drug-likeness (QED) is 0.167. The summed E-state index contributed by atoms with van der Waals surface area (Å²) in [6.07, 6.45) is 0. The molecule has 0 saturated heterocycles. The number of aromatic nitrogens is 6. The minimum absolute atomic E-state index is 0.568. The summed E-state index contributed by atoms with van der Waals surface area (Å²) in [6.45, 7) is 0. The highest BCUT2D eigenvalue weighted by Gasteiger charge is 2.28. The Morgan fingerprint density at radius 2 is 0.786 bits per heavy atom. The fraction of sp³-hybridized carbons (Fsp3) is 0. The molecule has 70 heavy (non-hydrogen) atoms. The lowest BCUT2D eigenvalue weighted by Gasteiger charge is -2.17. The summed E-state index contributed by atoms with van der Waals surface area (Å²) in [5, 5.41) is 8.96. The van der Waals surface area contributed by atoms with Crippen LogP contribution < -0.4 is 0 Å². The Hall–Kier alpha value is -9.59. The molecule has 0 bridgehead atoms. The summed E-state index contributed by atoms with van der Waals surface area (Å²) in [5.74, 6) is 1.77. The maximum Gasteiger partial charge on any atom is 0.164 e. The molecule has 0 saturated carbocycles. The van der Waals surface area contributed by atoms with E-state index in [1.807, 2.05) is 66.7 Å². The normalized spacial score (nSPS) is 12.0. The van der Waals surface area contributed by atoms with E-state index in [1.165, 1.54) is 21.5 Å². The highest BCUT2D eigenvalue weighted by Crippen LogP contribution is 2.48. The van der Waals surface area contributed by atoms with Gasteiger partial charge in [0.2, 0.25) is 0 Å². The van der Waals surface area contributed by atoms with Crippen molar-refractivity contribution in [2.24, 2.45) is 0 Å². The van der Waals surface area contributed by atoms with Crippen LogP contribution in [0.15, 0.2) is 235 Å². The molecule has 15 aromatic rings. The maximum absolute atomic E-state index is 7.19. The first-order valence-corrected chi connectivity index (χ1v) is 23.6. The van der Waals surface area contributed by atoms with Gasteiger partial charge in [0.25, 0.3) is 0 Å². The zero-order chi connectivity index (χ0) is 45.9. The Morgan fingerprint density at radius 1 is 0.314 bits per heavy atom. The van der Waals surface area contributed by atoms with Crippen molar-refractivity contribution < 1.29 is 4.42 Å². The molecule has 0 aliphatic heterocycles. The highest BCUT2D eigenvalue weighted by atomic mass is 16.3. The molecule has 0 aliphatic carbocycles. The van der Waals surface area contributed by atoms with E-state index in [4.69, 9.17) is 19.4 Å². The first-order valence-electron chi connectivity index (χ1n) is 23.6. The van der Waals surface area contributed by atoms with E-state index in [1.54, 1.807) is 0 Å². The van der Waals surface area contributed by atoms with Gasteiger partial charge in [-0.2, -0.15) is 0 Å². The van der Waals surface area contributed by atoms with Gasteiger partial charge in [0.1, 0.15) is 5.58 Å². The van der Waals surface area contributed by atoms with Crippen LogP contribution in [0.3, 0.4) is 0 Å². The van der Waals surface area contributed by atoms with Crippen LogP contribution in [0.1, 0.15) is 0 Å². The topological polar surface area (TPSA) is 66.6 Å². The molecular weight excluding hydrogens is 857 g/mol. The lowest BCUT2D eigenvalue weighted by Crippen LogP contribution is -2.03. The average molecular weight is 895 g/mol. The zero-order valence-corrected chi connectivity index (χ0v) is 37.5. The number of rotatable bonds is 6. The fourth-order valence-corrected chi connectivity index (χ4v) is 11.1. The lowest BCUT2D eigenvalue weighted by atomic mass is 10.0. The minimum Gasteiger partial charge on any atom is -0.454 e. The predicted molar refractivity (Wildman–Crippen MR) is 286 cm³/mol. The molecule has 0 atom stereocenters. The van der Waals surface area contributed by atoms with Gasteiger partial charge in [0.05, 0.1) is 44.5 Å². The largest absolute Gasteiger partial charge is 0.454 e. The zero-order valence-electron chi connectivity index (χ0n) is 37.5. The van der Waals surface area contributed by atoms with Crippen LogP contribution >= 0.6 is 0 Å². The second-order valence-electron chi connectivity index (χ2n) is 17.9. The molecule has 5 heterocycles.